The lowest BCUT2D eigenvalue weighted by atomic mass is 10.2. The highest BCUT2D eigenvalue weighted by molar-refractivity contribution is 5.86. The predicted octanol–water partition coefficient (Wildman–Crippen LogP) is 4.22. The second kappa shape index (κ2) is 6.07. The van der Waals surface area contributed by atoms with Gasteiger partial charge in [-0.05, 0) is 18.2 Å². The summed E-state index contributed by atoms with van der Waals surface area (Å²) in [5.41, 5.74) is -0.326. The van der Waals surface area contributed by atoms with Crippen molar-refractivity contribution >= 4 is 16.6 Å². The highest BCUT2D eigenvalue weighted by Crippen LogP contribution is 2.34. The molecule has 122 valence electrons. The van der Waals surface area contributed by atoms with Gasteiger partial charge in [0.1, 0.15) is 11.5 Å². The summed E-state index contributed by atoms with van der Waals surface area (Å²) in [5, 5.41) is 11.0. The number of nitro benzene ring substituents is 1. The number of methoxy groups -OCH3 is 1. The zero-order valence-corrected chi connectivity index (χ0v) is 12.2. The van der Waals surface area contributed by atoms with Crippen LogP contribution in [0.2, 0.25) is 0 Å². The van der Waals surface area contributed by atoms with Crippen LogP contribution in [-0.4, -0.2) is 17.0 Å². The van der Waals surface area contributed by atoms with Gasteiger partial charge in [0.05, 0.1) is 31.1 Å². The largest absolute Gasteiger partial charge is 0.497 e. The van der Waals surface area contributed by atoms with Crippen LogP contribution >= 0.6 is 0 Å². The predicted molar refractivity (Wildman–Crippen MR) is 81.4 cm³/mol. The molecular weight excluding hydrogens is 322 g/mol. The number of nitro groups is 1. The molecule has 0 bridgehead atoms. The molecule has 0 unspecified atom stereocenters. The molecule has 0 saturated heterocycles. The third kappa shape index (κ3) is 2.81. The summed E-state index contributed by atoms with van der Waals surface area (Å²) in [5.74, 6) is -2.87. The normalized spacial score (nSPS) is 11.2. The molecule has 0 aliphatic heterocycles. The fourth-order valence-electron chi connectivity index (χ4n) is 2.11. The van der Waals surface area contributed by atoms with E-state index in [0.717, 1.165) is 0 Å². The third-order valence-electron chi connectivity index (χ3n) is 3.23. The van der Waals surface area contributed by atoms with Crippen molar-refractivity contribution in [3.05, 3.63) is 64.3 Å². The highest BCUT2D eigenvalue weighted by Gasteiger charge is 2.19. The summed E-state index contributed by atoms with van der Waals surface area (Å²) in [6.45, 7) is 0. The van der Waals surface area contributed by atoms with E-state index in [9.17, 15) is 18.9 Å². The number of hydrogen-bond acceptors (Lipinski definition) is 5. The Balaban J connectivity index is 2.10. The summed E-state index contributed by atoms with van der Waals surface area (Å²) in [6, 6.07) is 5.43. The molecule has 1 aromatic heterocycles. The lowest BCUT2D eigenvalue weighted by Gasteiger charge is -2.10. The first-order valence-corrected chi connectivity index (χ1v) is 6.65. The van der Waals surface area contributed by atoms with Crippen molar-refractivity contribution in [3.63, 3.8) is 0 Å². The molecule has 1 heterocycles. The maximum absolute atomic E-state index is 14.0. The Morgan fingerprint density at radius 2 is 1.96 bits per heavy atom. The smallest absolute Gasteiger partial charge is 0.275 e. The number of pyridine rings is 1. The second-order valence-corrected chi connectivity index (χ2v) is 4.71. The number of halogens is 2. The van der Waals surface area contributed by atoms with Gasteiger partial charge in [-0.1, -0.05) is 0 Å². The van der Waals surface area contributed by atoms with Crippen molar-refractivity contribution in [3.8, 4) is 17.2 Å². The summed E-state index contributed by atoms with van der Waals surface area (Å²) in [6.07, 6.45) is 1.36. The van der Waals surface area contributed by atoms with Crippen LogP contribution in [0.25, 0.3) is 10.9 Å². The molecule has 0 spiro atoms. The fraction of sp³-hybridized carbons (Fsp3) is 0.0625. The summed E-state index contributed by atoms with van der Waals surface area (Å²) in [7, 11) is 1.40. The maximum Gasteiger partial charge on any atom is 0.275 e. The van der Waals surface area contributed by atoms with Gasteiger partial charge in [0.25, 0.3) is 5.69 Å². The molecule has 2 aromatic carbocycles. The zero-order valence-electron chi connectivity index (χ0n) is 13.2. The van der Waals surface area contributed by atoms with Crippen molar-refractivity contribution < 1.29 is 24.5 Å². The van der Waals surface area contributed by atoms with Gasteiger partial charge in [-0.2, -0.15) is 0 Å². The lowest BCUT2D eigenvalue weighted by molar-refractivity contribution is -0.385. The fourth-order valence-corrected chi connectivity index (χ4v) is 2.11. The first-order chi connectivity index (χ1) is 11.9. The minimum Gasteiger partial charge on any atom is -0.497 e. The first-order valence-electron chi connectivity index (χ1n) is 7.15. The molecule has 0 atom stereocenters. The molecule has 0 radical (unpaired) electrons. The third-order valence-corrected chi connectivity index (χ3v) is 3.23. The summed E-state index contributed by atoms with van der Waals surface area (Å²) in [4.78, 5) is 13.8. The molecule has 8 heteroatoms. The molecule has 3 aromatic rings. The Bertz CT molecular complexity index is 974. The average molecular weight is 333 g/mol. The first kappa shape index (κ1) is 14.3. The van der Waals surface area contributed by atoms with Crippen molar-refractivity contribution in [1.82, 2.24) is 4.98 Å². The number of fused-ring (bicyclic) bond motifs is 1. The topological polar surface area (TPSA) is 74.5 Å². The maximum atomic E-state index is 14.0. The van der Waals surface area contributed by atoms with Crippen molar-refractivity contribution in [1.29, 1.82) is 0 Å². The van der Waals surface area contributed by atoms with Crippen LogP contribution in [-0.2, 0) is 0 Å². The van der Waals surface area contributed by atoms with E-state index in [2.05, 4.69) is 4.98 Å². The number of nitrogens with zero attached hydrogens (tertiary/aromatic N) is 2. The van der Waals surface area contributed by atoms with Gasteiger partial charge >= 0.3 is 0 Å². The van der Waals surface area contributed by atoms with Crippen LogP contribution in [0.1, 0.15) is 1.37 Å². The average Bonchev–Trinajstić information content (AvgIpc) is 2.57. The number of aromatic nitrogens is 1. The molecule has 6 nitrogen and oxygen atoms in total. The van der Waals surface area contributed by atoms with Crippen LogP contribution < -0.4 is 9.47 Å². The van der Waals surface area contributed by atoms with Crippen LogP contribution in [0.3, 0.4) is 0 Å². The van der Waals surface area contributed by atoms with E-state index >= 15 is 0 Å². The number of non-ortho nitro benzene ring substituents is 1. The molecule has 3 rings (SSSR count). The van der Waals surface area contributed by atoms with E-state index in [-0.39, 0.29) is 17.5 Å². The Morgan fingerprint density at radius 1 is 1.25 bits per heavy atom. The van der Waals surface area contributed by atoms with Crippen LogP contribution in [0.15, 0.2) is 42.6 Å². The number of benzene rings is 2. The van der Waals surface area contributed by atoms with Gasteiger partial charge in [-0.15, -0.1) is 0 Å². The summed E-state index contributed by atoms with van der Waals surface area (Å²) >= 11 is 0. The van der Waals surface area contributed by atoms with Crippen LogP contribution in [0.5, 0.6) is 17.2 Å². The quantitative estimate of drug-likeness (QED) is 0.528. The van der Waals surface area contributed by atoms with Crippen molar-refractivity contribution in [2.45, 2.75) is 0 Å². The van der Waals surface area contributed by atoms with Gasteiger partial charge in [-0.25, -0.2) is 8.78 Å². The van der Waals surface area contributed by atoms with Gasteiger partial charge < -0.3 is 9.47 Å². The second-order valence-electron chi connectivity index (χ2n) is 4.71. The molecule has 0 saturated carbocycles. The van der Waals surface area contributed by atoms with Crippen LogP contribution in [0.4, 0.5) is 14.5 Å². The van der Waals surface area contributed by atoms with Crippen molar-refractivity contribution in [2.24, 2.45) is 0 Å². The Kier molecular flexibility index (Phi) is 3.62. The molecule has 0 N–H and O–H groups in total. The van der Waals surface area contributed by atoms with E-state index in [1.54, 1.807) is 0 Å². The van der Waals surface area contributed by atoms with Gasteiger partial charge in [0.15, 0.2) is 17.4 Å². The lowest BCUT2D eigenvalue weighted by Crippen LogP contribution is -1.97. The van der Waals surface area contributed by atoms with E-state index in [1.165, 1.54) is 31.5 Å². The Labute approximate surface area is 135 Å². The monoisotopic (exact) mass is 333 g/mol. The molecule has 0 aliphatic rings. The molecule has 0 aliphatic carbocycles. The number of ether oxygens (including phenoxy) is 2. The Hall–Kier alpha value is -3.29. The van der Waals surface area contributed by atoms with Crippen LogP contribution in [0, 0.1) is 21.7 Å². The SMILES string of the molecule is [2H]c1cc2c(Oc3c(F)cc([N+](=O)[O-])cc3F)ccnc2cc1OC. The number of hydrogen-bond donors (Lipinski definition) is 0. The standard InChI is InChI=1S/C16H10F2N2O4/c1-23-10-2-3-11-14(8-10)19-5-4-15(11)24-16-12(17)6-9(20(21)22)7-13(16)18/h2-8H,1H3/i2D. The summed E-state index contributed by atoms with van der Waals surface area (Å²) < 4.78 is 46.2. The molecule has 0 fully saturated rings. The van der Waals surface area contributed by atoms with E-state index in [4.69, 9.17) is 10.8 Å². The molecule has 24 heavy (non-hydrogen) atoms. The number of rotatable bonds is 4. The van der Waals surface area contributed by atoms with E-state index in [1.807, 2.05) is 0 Å². The van der Waals surface area contributed by atoms with Crippen molar-refractivity contribution in [2.75, 3.05) is 7.11 Å². The Morgan fingerprint density at radius 3 is 2.58 bits per heavy atom. The van der Waals surface area contributed by atoms with Gasteiger partial charge in [0, 0.05) is 17.6 Å². The van der Waals surface area contributed by atoms with E-state index < -0.39 is 28.0 Å². The zero-order chi connectivity index (χ0) is 18.1. The van der Waals surface area contributed by atoms with Gasteiger partial charge in [-0.3, -0.25) is 15.1 Å². The van der Waals surface area contributed by atoms with E-state index in [0.29, 0.717) is 23.0 Å². The van der Waals surface area contributed by atoms with Gasteiger partial charge in [0.2, 0.25) is 0 Å². The minimum absolute atomic E-state index is 0.0393. The molecular formula is C16H10F2N2O4. The highest BCUT2D eigenvalue weighted by atomic mass is 19.1. The minimum atomic E-state index is -1.21. The molecule has 0 amide bonds.